The lowest BCUT2D eigenvalue weighted by molar-refractivity contribution is 0.0660. The highest BCUT2D eigenvalue weighted by Gasteiger charge is 2.13. The predicted octanol–water partition coefficient (Wildman–Crippen LogP) is 2.98. The third-order valence-electron chi connectivity index (χ3n) is 3.07. The Morgan fingerprint density at radius 1 is 1.29 bits per heavy atom. The number of benzene rings is 1. The summed E-state index contributed by atoms with van der Waals surface area (Å²) in [6.45, 7) is 2.07. The van der Waals surface area contributed by atoms with Crippen LogP contribution in [0.3, 0.4) is 0 Å². The molecule has 0 saturated heterocycles. The van der Waals surface area contributed by atoms with Crippen molar-refractivity contribution in [3.63, 3.8) is 0 Å². The van der Waals surface area contributed by atoms with E-state index in [1.807, 2.05) is 0 Å². The van der Waals surface area contributed by atoms with E-state index in [4.69, 9.17) is 9.52 Å². The van der Waals surface area contributed by atoms with Gasteiger partial charge in [0.2, 0.25) is 5.76 Å². The average molecular weight is 295 g/mol. The minimum absolute atomic E-state index is 0.0307. The van der Waals surface area contributed by atoms with E-state index in [1.165, 1.54) is 24.3 Å². The Balaban J connectivity index is 1.92. The van der Waals surface area contributed by atoms with Gasteiger partial charge in [-0.25, -0.2) is 13.6 Å². The van der Waals surface area contributed by atoms with Gasteiger partial charge in [-0.15, -0.1) is 0 Å². The minimum atomic E-state index is -1.14. The van der Waals surface area contributed by atoms with Gasteiger partial charge in [-0.2, -0.15) is 0 Å². The number of rotatable bonds is 6. The minimum Gasteiger partial charge on any atom is -0.475 e. The van der Waals surface area contributed by atoms with Crippen LogP contribution in [0, 0.1) is 11.6 Å². The quantitative estimate of drug-likeness (QED) is 0.860. The summed E-state index contributed by atoms with van der Waals surface area (Å²) in [6, 6.07) is 6.47. The highest BCUT2D eigenvalue weighted by molar-refractivity contribution is 5.84. The van der Waals surface area contributed by atoms with Gasteiger partial charge >= 0.3 is 5.97 Å². The van der Waals surface area contributed by atoms with Crippen LogP contribution < -0.4 is 5.32 Å². The molecule has 0 fully saturated rings. The zero-order valence-electron chi connectivity index (χ0n) is 11.4. The van der Waals surface area contributed by atoms with Crippen LogP contribution in [0.15, 0.2) is 34.7 Å². The molecule has 0 saturated carbocycles. The summed E-state index contributed by atoms with van der Waals surface area (Å²) in [4.78, 5) is 10.7. The standard InChI is InChI=1S/C15H15F2NO3/c1-9(7-11-12(16)3-2-4-13(11)17)18-8-10-5-6-14(21-10)15(19)20/h2-6,9,18H,7-8H2,1H3,(H,19,20). The maximum Gasteiger partial charge on any atom is 0.371 e. The van der Waals surface area contributed by atoms with E-state index in [0.717, 1.165) is 0 Å². The fraction of sp³-hybridized carbons (Fsp3) is 0.267. The molecule has 0 radical (unpaired) electrons. The summed E-state index contributed by atoms with van der Waals surface area (Å²) in [6.07, 6.45) is 0.186. The molecule has 1 heterocycles. The largest absolute Gasteiger partial charge is 0.475 e. The van der Waals surface area contributed by atoms with Gasteiger partial charge in [-0.3, -0.25) is 0 Å². The molecule has 0 aliphatic carbocycles. The van der Waals surface area contributed by atoms with Crippen molar-refractivity contribution in [2.45, 2.75) is 25.9 Å². The highest BCUT2D eigenvalue weighted by atomic mass is 19.1. The first-order chi connectivity index (χ1) is 9.97. The molecule has 4 nitrogen and oxygen atoms in total. The van der Waals surface area contributed by atoms with Crippen LogP contribution in [0.2, 0.25) is 0 Å². The van der Waals surface area contributed by atoms with Crippen LogP contribution in [0.1, 0.15) is 28.8 Å². The van der Waals surface area contributed by atoms with E-state index in [9.17, 15) is 13.6 Å². The summed E-state index contributed by atoms with van der Waals surface area (Å²) in [5.74, 6) is -1.97. The predicted molar refractivity (Wildman–Crippen MR) is 72.0 cm³/mol. The Bertz CT molecular complexity index is 619. The molecule has 1 atom stereocenters. The van der Waals surface area contributed by atoms with Crippen LogP contribution in [0.25, 0.3) is 0 Å². The van der Waals surface area contributed by atoms with Gasteiger partial charge in [0.05, 0.1) is 6.54 Å². The lowest BCUT2D eigenvalue weighted by Gasteiger charge is -2.14. The first-order valence-electron chi connectivity index (χ1n) is 6.45. The van der Waals surface area contributed by atoms with Gasteiger partial charge in [0, 0.05) is 11.6 Å². The van der Waals surface area contributed by atoms with Gasteiger partial charge in [-0.05, 0) is 37.6 Å². The molecule has 6 heteroatoms. The first-order valence-corrected chi connectivity index (χ1v) is 6.45. The molecule has 0 aliphatic heterocycles. The number of carbonyl (C=O) groups is 1. The monoisotopic (exact) mass is 295 g/mol. The Morgan fingerprint density at radius 3 is 2.52 bits per heavy atom. The van der Waals surface area contributed by atoms with Crippen molar-refractivity contribution < 1.29 is 23.1 Å². The molecular formula is C15H15F2NO3. The van der Waals surface area contributed by atoms with Gasteiger partial charge in [0.15, 0.2) is 0 Å². The number of carboxylic acid groups (broad SMARTS) is 1. The lowest BCUT2D eigenvalue weighted by atomic mass is 10.1. The maximum absolute atomic E-state index is 13.5. The Kier molecular flexibility index (Phi) is 4.70. The fourth-order valence-electron chi connectivity index (χ4n) is 1.97. The topological polar surface area (TPSA) is 62.5 Å². The van der Waals surface area contributed by atoms with Crippen molar-refractivity contribution in [3.8, 4) is 0 Å². The molecule has 1 aromatic carbocycles. The van der Waals surface area contributed by atoms with Crippen LogP contribution in [0.5, 0.6) is 0 Å². The van der Waals surface area contributed by atoms with E-state index in [2.05, 4.69) is 5.32 Å². The normalized spacial score (nSPS) is 12.3. The zero-order chi connectivity index (χ0) is 15.4. The van der Waals surface area contributed by atoms with Crippen LogP contribution in [-0.4, -0.2) is 17.1 Å². The van der Waals surface area contributed by atoms with Gasteiger partial charge < -0.3 is 14.8 Å². The van der Waals surface area contributed by atoms with Crippen LogP contribution in [0.4, 0.5) is 8.78 Å². The second kappa shape index (κ2) is 6.49. The third kappa shape index (κ3) is 3.88. The number of halogens is 2. The summed E-state index contributed by atoms with van der Waals surface area (Å²) in [7, 11) is 0. The van der Waals surface area contributed by atoms with Crippen molar-refractivity contribution in [3.05, 3.63) is 59.1 Å². The molecule has 0 bridgehead atoms. The molecule has 2 rings (SSSR count). The Morgan fingerprint density at radius 2 is 1.95 bits per heavy atom. The summed E-state index contributed by atoms with van der Waals surface area (Å²) in [5, 5.41) is 11.8. The second-order valence-corrected chi connectivity index (χ2v) is 4.76. The third-order valence-corrected chi connectivity index (χ3v) is 3.07. The van der Waals surface area contributed by atoms with Crippen molar-refractivity contribution in [1.29, 1.82) is 0 Å². The molecule has 1 aromatic heterocycles. The molecule has 2 aromatic rings. The number of furan rings is 1. The van der Waals surface area contributed by atoms with Gasteiger partial charge in [0.1, 0.15) is 17.4 Å². The number of nitrogens with one attached hydrogen (secondary N) is 1. The van der Waals surface area contributed by atoms with Gasteiger partial charge in [0.25, 0.3) is 0 Å². The molecule has 0 spiro atoms. The maximum atomic E-state index is 13.5. The summed E-state index contributed by atoms with van der Waals surface area (Å²) in [5.41, 5.74) is 0.0307. The molecule has 1 unspecified atom stereocenters. The Labute approximate surface area is 120 Å². The molecule has 21 heavy (non-hydrogen) atoms. The van der Waals surface area contributed by atoms with E-state index < -0.39 is 17.6 Å². The van der Waals surface area contributed by atoms with E-state index in [1.54, 1.807) is 13.0 Å². The van der Waals surface area contributed by atoms with Crippen molar-refractivity contribution in [1.82, 2.24) is 5.32 Å². The number of hydrogen-bond acceptors (Lipinski definition) is 3. The molecule has 2 N–H and O–H groups in total. The first kappa shape index (κ1) is 15.2. The van der Waals surface area contributed by atoms with E-state index in [0.29, 0.717) is 5.76 Å². The number of carboxylic acids is 1. The summed E-state index contributed by atoms with van der Waals surface area (Å²) >= 11 is 0. The molecule has 0 amide bonds. The smallest absolute Gasteiger partial charge is 0.371 e. The SMILES string of the molecule is CC(Cc1c(F)cccc1F)NCc1ccc(C(=O)O)o1. The van der Waals surface area contributed by atoms with E-state index >= 15 is 0 Å². The molecule has 112 valence electrons. The van der Waals surface area contributed by atoms with Crippen molar-refractivity contribution in [2.75, 3.05) is 0 Å². The Hall–Kier alpha value is -2.21. The molecular weight excluding hydrogens is 280 g/mol. The van der Waals surface area contributed by atoms with Crippen molar-refractivity contribution >= 4 is 5.97 Å². The second-order valence-electron chi connectivity index (χ2n) is 4.76. The lowest BCUT2D eigenvalue weighted by Crippen LogP contribution is -2.28. The fourth-order valence-corrected chi connectivity index (χ4v) is 1.97. The highest BCUT2D eigenvalue weighted by Crippen LogP contribution is 2.14. The van der Waals surface area contributed by atoms with Gasteiger partial charge in [-0.1, -0.05) is 6.07 Å². The number of aromatic carboxylic acids is 1. The van der Waals surface area contributed by atoms with Crippen molar-refractivity contribution in [2.24, 2.45) is 0 Å². The van der Waals surface area contributed by atoms with Crippen LogP contribution >= 0.6 is 0 Å². The van der Waals surface area contributed by atoms with E-state index in [-0.39, 0.29) is 30.3 Å². The average Bonchev–Trinajstić information content (AvgIpc) is 2.90. The van der Waals surface area contributed by atoms with Crippen LogP contribution in [-0.2, 0) is 13.0 Å². The number of hydrogen-bond donors (Lipinski definition) is 2. The zero-order valence-corrected chi connectivity index (χ0v) is 11.4. The summed E-state index contributed by atoms with van der Waals surface area (Å²) < 4.78 is 32.1. The molecule has 0 aliphatic rings.